The highest BCUT2D eigenvalue weighted by atomic mass is 32.1. The number of aliphatic carboxylic acids is 1. The first-order valence-electron chi connectivity index (χ1n) is 6.25. The molecule has 1 heterocycles. The lowest BCUT2D eigenvalue weighted by molar-refractivity contribution is -0.131. The molecule has 0 aliphatic carbocycles. The number of thiophene rings is 1. The molecule has 5 heteroatoms. The average molecular weight is 281 g/mol. The van der Waals surface area contributed by atoms with Crippen LogP contribution in [0.15, 0.2) is 17.5 Å². The maximum absolute atomic E-state index is 11.8. The van der Waals surface area contributed by atoms with Gasteiger partial charge in [0, 0.05) is 24.4 Å². The molecule has 1 rings (SSSR count). The molecule has 1 N–H and O–H groups in total. The second-order valence-corrected chi connectivity index (χ2v) is 5.37. The maximum Gasteiger partial charge on any atom is 0.328 e. The standard InChI is InChI=1S/C14H19NO3S/c1-3-4-5-13(16)15(2)9-12-8-11(10-19-12)6-7-14(17)18/h6-8,10H,3-5,9H2,1-2H3,(H,17,18)/b7-6+. The van der Waals surface area contributed by atoms with Crippen LogP contribution in [0.5, 0.6) is 0 Å². The Morgan fingerprint density at radius 2 is 2.21 bits per heavy atom. The number of carbonyl (C=O) groups is 2. The zero-order chi connectivity index (χ0) is 14.3. The van der Waals surface area contributed by atoms with Gasteiger partial charge in [0.2, 0.25) is 5.91 Å². The highest BCUT2D eigenvalue weighted by molar-refractivity contribution is 7.10. The van der Waals surface area contributed by atoms with E-state index < -0.39 is 5.97 Å². The maximum atomic E-state index is 11.8. The summed E-state index contributed by atoms with van der Waals surface area (Å²) in [6.45, 7) is 2.64. The quantitative estimate of drug-likeness (QED) is 0.782. The molecule has 104 valence electrons. The van der Waals surface area contributed by atoms with Crippen LogP contribution in [0.4, 0.5) is 0 Å². The number of nitrogens with zero attached hydrogens (tertiary/aromatic N) is 1. The van der Waals surface area contributed by atoms with E-state index in [1.807, 2.05) is 11.4 Å². The Bertz CT molecular complexity index is 465. The fraction of sp³-hybridized carbons (Fsp3) is 0.429. The number of hydrogen-bond donors (Lipinski definition) is 1. The zero-order valence-corrected chi connectivity index (χ0v) is 12.1. The smallest absolute Gasteiger partial charge is 0.328 e. The van der Waals surface area contributed by atoms with Crippen LogP contribution in [0.1, 0.15) is 36.6 Å². The van der Waals surface area contributed by atoms with Crippen molar-refractivity contribution in [3.63, 3.8) is 0 Å². The summed E-state index contributed by atoms with van der Waals surface area (Å²) < 4.78 is 0. The average Bonchev–Trinajstić information content (AvgIpc) is 2.81. The molecule has 0 saturated heterocycles. The van der Waals surface area contributed by atoms with Crippen molar-refractivity contribution >= 4 is 29.3 Å². The number of hydrogen-bond acceptors (Lipinski definition) is 3. The minimum absolute atomic E-state index is 0.151. The normalized spacial score (nSPS) is 10.8. The molecule has 0 fully saturated rings. The molecule has 0 spiro atoms. The van der Waals surface area contributed by atoms with Gasteiger partial charge in [-0.1, -0.05) is 13.3 Å². The summed E-state index contributed by atoms with van der Waals surface area (Å²) in [7, 11) is 1.80. The molecule has 0 bridgehead atoms. The summed E-state index contributed by atoms with van der Waals surface area (Å²) in [5.41, 5.74) is 0.858. The summed E-state index contributed by atoms with van der Waals surface area (Å²) in [4.78, 5) is 24.9. The van der Waals surface area contributed by atoms with Crippen molar-refractivity contribution in [2.45, 2.75) is 32.7 Å². The van der Waals surface area contributed by atoms with Crippen LogP contribution in [-0.4, -0.2) is 28.9 Å². The number of carbonyl (C=O) groups excluding carboxylic acids is 1. The highest BCUT2D eigenvalue weighted by Crippen LogP contribution is 2.18. The predicted molar refractivity (Wildman–Crippen MR) is 77.0 cm³/mol. The minimum Gasteiger partial charge on any atom is -0.478 e. The van der Waals surface area contributed by atoms with E-state index in [2.05, 4.69) is 6.92 Å². The van der Waals surface area contributed by atoms with E-state index in [1.54, 1.807) is 18.0 Å². The monoisotopic (exact) mass is 281 g/mol. The van der Waals surface area contributed by atoms with Gasteiger partial charge in [-0.25, -0.2) is 4.79 Å². The second kappa shape index (κ2) is 7.74. The fourth-order valence-corrected chi connectivity index (χ4v) is 2.48. The molecule has 0 radical (unpaired) electrons. The molecule has 0 saturated carbocycles. The van der Waals surface area contributed by atoms with E-state index in [4.69, 9.17) is 5.11 Å². The lowest BCUT2D eigenvalue weighted by Gasteiger charge is -2.15. The number of carboxylic acids is 1. The van der Waals surface area contributed by atoms with Crippen LogP contribution in [0.25, 0.3) is 6.08 Å². The highest BCUT2D eigenvalue weighted by Gasteiger charge is 2.09. The molecule has 1 amide bonds. The van der Waals surface area contributed by atoms with Gasteiger partial charge in [-0.3, -0.25) is 4.79 Å². The summed E-state index contributed by atoms with van der Waals surface area (Å²) >= 11 is 1.53. The largest absolute Gasteiger partial charge is 0.478 e. The van der Waals surface area contributed by atoms with Crippen LogP contribution in [-0.2, 0) is 16.1 Å². The summed E-state index contributed by atoms with van der Waals surface area (Å²) in [5, 5.41) is 10.4. The minimum atomic E-state index is -0.959. The van der Waals surface area contributed by atoms with Crippen molar-refractivity contribution in [2.24, 2.45) is 0 Å². The van der Waals surface area contributed by atoms with Crippen LogP contribution in [0.2, 0.25) is 0 Å². The fourth-order valence-electron chi connectivity index (χ4n) is 1.58. The summed E-state index contributed by atoms with van der Waals surface area (Å²) in [5.74, 6) is -0.808. The lowest BCUT2D eigenvalue weighted by Crippen LogP contribution is -2.25. The SMILES string of the molecule is CCCCC(=O)N(C)Cc1cc(/C=C/C(=O)O)cs1. The van der Waals surface area contributed by atoms with Crippen LogP contribution in [0, 0.1) is 0 Å². The van der Waals surface area contributed by atoms with E-state index in [0.717, 1.165) is 29.4 Å². The van der Waals surface area contributed by atoms with Gasteiger partial charge in [-0.05, 0) is 29.5 Å². The van der Waals surface area contributed by atoms with Gasteiger partial charge in [-0.15, -0.1) is 11.3 Å². The van der Waals surface area contributed by atoms with Crippen molar-refractivity contribution in [1.29, 1.82) is 0 Å². The molecule has 0 unspecified atom stereocenters. The van der Waals surface area contributed by atoms with E-state index in [0.29, 0.717) is 13.0 Å². The second-order valence-electron chi connectivity index (χ2n) is 4.37. The number of amides is 1. The first kappa shape index (κ1) is 15.4. The summed E-state index contributed by atoms with van der Waals surface area (Å²) in [6.07, 6.45) is 5.19. The third kappa shape index (κ3) is 5.70. The number of rotatable bonds is 7. The molecule has 0 aliphatic rings. The summed E-state index contributed by atoms with van der Waals surface area (Å²) in [6, 6.07) is 1.91. The molecular weight excluding hydrogens is 262 g/mol. The van der Waals surface area contributed by atoms with E-state index >= 15 is 0 Å². The van der Waals surface area contributed by atoms with Crippen LogP contribution < -0.4 is 0 Å². The van der Waals surface area contributed by atoms with Gasteiger partial charge in [0.1, 0.15) is 0 Å². The van der Waals surface area contributed by atoms with Crippen molar-refractivity contribution in [2.75, 3.05) is 7.05 Å². The molecule has 1 aromatic rings. The van der Waals surface area contributed by atoms with Crippen LogP contribution >= 0.6 is 11.3 Å². The molecular formula is C14H19NO3S. The Labute approximate surface area is 117 Å². The zero-order valence-electron chi connectivity index (χ0n) is 11.3. The third-order valence-corrected chi connectivity index (χ3v) is 3.60. The Morgan fingerprint density at radius 3 is 2.84 bits per heavy atom. The van der Waals surface area contributed by atoms with E-state index in [9.17, 15) is 9.59 Å². The molecule has 0 aromatic carbocycles. The van der Waals surface area contributed by atoms with E-state index in [-0.39, 0.29) is 5.91 Å². The van der Waals surface area contributed by atoms with Crippen molar-refractivity contribution in [3.05, 3.63) is 28.0 Å². The molecule has 4 nitrogen and oxygen atoms in total. The lowest BCUT2D eigenvalue weighted by atomic mass is 10.2. The van der Waals surface area contributed by atoms with Gasteiger partial charge in [0.15, 0.2) is 0 Å². The Hall–Kier alpha value is -1.62. The van der Waals surface area contributed by atoms with Crippen molar-refractivity contribution in [1.82, 2.24) is 4.90 Å². The molecule has 1 aromatic heterocycles. The van der Waals surface area contributed by atoms with Gasteiger partial charge < -0.3 is 10.0 Å². The first-order valence-corrected chi connectivity index (χ1v) is 7.13. The number of unbranched alkanes of at least 4 members (excludes halogenated alkanes) is 1. The van der Waals surface area contributed by atoms with Gasteiger partial charge in [0.05, 0.1) is 6.54 Å². The van der Waals surface area contributed by atoms with Gasteiger partial charge in [-0.2, -0.15) is 0 Å². The van der Waals surface area contributed by atoms with Crippen LogP contribution in [0.3, 0.4) is 0 Å². The Kier molecular flexibility index (Phi) is 6.29. The Morgan fingerprint density at radius 1 is 1.47 bits per heavy atom. The first-order chi connectivity index (χ1) is 9.02. The van der Waals surface area contributed by atoms with Crippen molar-refractivity contribution in [3.8, 4) is 0 Å². The topological polar surface area (TPSA) is 57.6 Å². The van der Waals surface area contributed by atoms with Gasteiger partial charge >= 0.3 is 5.97 Å². The third-order valence-electron chi connectivity index (χ3n) is 2.66. The van der Waals surface area contributed by atoms with Gasteiger partial charge in [0.25, 0.3) is 0 Å². The molecule has 0 aliphatic heterocycles. The molecule has 0 atom stereocenters. The number of carboxylic acid groups (broad SMARTS) is 1. The Balaban J connectivity index is 2.53. The molecule has 19 heavy (non-hydrogen) atoms. The van der Waals surface area contributed by atoms with Crippen molar-refractivity contribution < 1.29 is 14.7 Å². The van der Waals surface area contributed by atoms with E-state index in [1.165, 1.54) is 11.3 Å². The predicted octanol–water partition coefficient (Wildman–Crippen LogP) is 2.99.